The molecular weight excluding hydrogens is 198 g/mol. The smallest absolute Gasteiger partial charge is 0.357 e. The molecule has 70 valence electrons. The molecule has 0 bridgehead atoms. The molecule has 1 aliphatic heterocycles. The first-order valence-electron chi connectivity index (χ1n) is 2.99. The molecular formula is C5H5N3O4S. The monoisotopic (exact) mass is 203 g/mol. The standard InChI is InChI=1S/C5H5N3O4S/c6-8-7-3(5(11)12)2(1-13-8)4(9)10/h1H,6H2,(H,9,10)(H,11,12). The topological polar surface area (TPSA) is 116 Å². The molecule has 0 aromatic carbocycles. The molecule has 1 aliphatic rings. The highest BCUT2D eigenvalue weighted by atomic mass is 32.2. The zero-order valence-corrected chi connectivity index (χ0v) is 6.98. The van der Waals surface area contributed by atoms with Gasteiger partial charge in [0.15, 0.2) is 5.71 Å². The number of carboxylic acids is 2. The van der Waals surface area contributed by atoms with Crippen molar-refractivity contribution in [3.05, 3.63) is 11.0 Å². The van der Waals surface area contributed by atoms with E-state index < -0.39 is 17.7 Å². The third-order valence-electron chi connectivity index (χ3n) is 1.17. The van der Waals surface area contributed by atoms with Gasteiger partial charge in [-0.1, -0.05) is 0 Å². The molecule has 0 aliphatic carbocycles. The minimum atomic E-state index is -1.43. The molecule has 0 spiro atoms. The van der Waals surface area contributed by atoms with E-state index in [0.717, 1.165) is 21.9 Å². The van der Waals surface area contributed by atoms with Crippen LogP contribution in [0.2, 0.25) is 0 Å². The van der Waals surface area contributed by atoms with Crippen molar-refractivity contribution in [3.8, 4) is 0 Å². The highest BCUT2D eigenvalue weighted by Gasteiger charge is 2.25. The van der Waals surface area contributed by atoms with Crippen molar-refractivity contribution >= 4 is 29.6 Å². The van der Waals surface area contributed by atoms with Gasteiger partial charge in [0.2, 0.25) is 0 Å². The van der Waals surface area contributed by atoms with Crippen LogP contribution in [0.4, 0.5) is 0 Å². The zero-order valence-electron chi connectivity index (χ0n) is 6.17. The number of carbonyl (C=O) groups is 2. The van der Waals surface area contributed by atoms with Gasteiger partial charge in [0.05, 0.1) is 0 Å². The van der Waals surface area contributed by atoms with Gasteiger partial charge in [-0.25, -0.2) is 15.4 Å². The predicted molar refractivity (Wildman–Crippen MR) is 44.4 cm³/mol. The lowest BCUT2D eigenvalue weighted by Crippen LogP contribution is -2.29. The molecule has 0 aromatic rings. The fourth-order valence-corrected chi connectivity index (χ4v) is 1.20. The normalized spacial score (nSPS) is 16.2. The summed E-state index contributed by atoms with van der Waals surface area (Å²) in [5, 5.41) is 21.5. The SMILES string of the molecule is NN1N=C(C(=O)O)C(C(=O)O)=CS1. The maximum Gasteiger partial charge on any atom is 0.357 e. The van der Waals surface area contributed by atoms with Crippen molar-refractivity contribution in [3.63, 3.8) is 0 Å². The number of hydrazine groups is 1. The third kappa shape index (κ3) is 1.98. The summed E-state index contributed by atoms with van der Waals surface area (Å²) in [5.74, 6) is 2.36. The molecule has 1 rings (SSSR count). The lowest BCUT2D eigenvalue weighted by Gasteiger charge is -2.14. The van der Waals surface area contributed by atoms with E-state index in [1.54, 1.807) is 0 Å². The van der Waals surface area contributed by atoms with E-state index in [1.807, 2.05) is 0 Å². The maximum atomic E-state index is 10.5. The van der Waals surface area contributed by atoms with Gasteiger partial charge >= 0.3 is 11.9 Å². The summed E-state index contributed by atoms with van der Waals surface area (Å²) in [6.45, 7) is 0. The summed E-state index contributed by atoms with van der Waals surface area (Å²) >= 11 is 0.793. The molecule has 0 saturated heterocycles. The molecule has 0 unspecified atom stereocenters. The van der Waals surface area contributed by atoms with Crippen molar-refractivity contribution < 1.29 is 19.8 Å². The molecule has 7 nitrogen and oxygen atoms in total. The van der Waals surface area contributed by atoms with E-state index in [0.29, 0.717) is 0 Å². The van der Waals surface area contributed by atoms with Crippen LogP contribution in [0.3, 0.4) is 0 Å². The summed E-state index contributed by atoms with van der Waals surface area (Å²) in [6, 6.07) is 0. The van der Waals surface area contributed by atoms with Crippen LogP contribution < -0.4 is 5.84 Å². The Hall–Kier alpha value is -1.54. The van der Waals surface area contributed by atoms with Crippen molar-refractivity contribution in [2.45, 2.75) is 0 Å². The van der Waals surface area contributed by atoms with Gasteiger partial charge < -0.3 is 10.2 Å². The lowest BCUT2D eigenvalue weighted by molar-refractivity contribution is -0.133. The number of nitrogens with two attached hydrogens (primary N) is 1. The van der Waals surface area contributed by atoms with Crippen LogP contribution in [0, 0.1) is 0 Å². The summed E-state index contributed by atoms with van der Waals surface area (Å²) in [7, 11) is 0. The van der Waals surface area contributed by atoms with Crippen LogP contribution in [-0.2, 0) is 9.59 Å². The summed E-state index contributed by atoms with van der Waals surface area (Å²) in [5.41, 5.74) is -0.951. The highest BCUT2D eigenvalue weighted by molar-refractivity contribution is 7.99. The average molecular weight is 203 g/mol. The van der Waals surface area contributed by atoms with Gasteiger partial charge in [0, 0.05) is 17.4 Å². The van der Waals surface area contributed by atoms with Gasteiger partial charge in [0.25, 0.3) is 0 Å². The molecule has 0 radical (unpaired) electrons. The minimum Gasteiger partial charge on any atom is -0.478 e. The van der Waals surface area contributed by atoms with Gasteiger partial charge in [-0.2, -0.15) is 4.52 Å². The van der Waals surface area contributed by atoms with Crippen LogP contribution >= 0.6 is 11.9 Å². The third-order valence-corrected chi connectivity index (χ3v) is 1.80. The quantitative estimate of drug-likeness (QED) is 0.398. The summed E-state index contributed by atoms with van der Waals surface area (Å²) in [4.78, 5) is 21.0. The number of hydrogen-bond acceptors (Lipinski definition) is 6. The van der Waals surface area contributed by atoms with Crippen LogP contribution in [0.15, 0.2) is 16.1 Å². The van der Waals surface area contributed by atoms with E-state index in [1.165, 1.54) is 0 Å². The minimum absolute atomic E-state index is 0.376. The van der Waals surface area contributed by atoms with E-state index in [9.17, 15) is 9.59 Å². The fraction of sp³-hybridized carbons (Fsp3) is 0. The predicted octanol–water partition coefficient (Wildman–Crippen LogP) is -0.767. The number of aliphatic carboxylic acids is 2. The van der Waals surface area contributed by atoms with Gasteiger partial charge in [-0.05, 0) is 0 Å². The maximum absolute atomic E-state index is 10.5. The Morgan fingerprint density at radius 3 is 2.54 bits per heavy atom. The second kappa shape index (κ2) is 3.46. The Bertz CT molecular complexity index is 324. The zero-order chi connectivity index (χ0) is 10.0. The number of carboxylic acid groups (broad SMARTS) is 2. The van der Waals surface area contributed by atoms with Gasteiger partial charge in [-0.15, -0.1) is 5.10 Å². The van der Waals surface area contributed by atoms with E-state index >= 15 is 0 Å². The van der Waals surface area contributed by atoms with Crippen LogP contribution in [-0.4, -0.2) is 32.4 Å². The van der Waals surface area contributed by atoms with Crippen molar-refractivity contribution in [2.75, 3.05) is 0 Å². The fourth-order valence-electron chi connectivity index (χ4n) is 0.648. The van der Waals surface area contributed by atoms with E-state index in [-0.39, 0.29) is 5.57 Å². The van der Waals surface area contributed by atoms with Crippen LogP contribution in [0.1, 0.15) is 0 Å². The highest BCUT2D eigenvalue weighted by Crippen LogP contribution is 2.18. The molecule has 13 heavy (non-hydrogen) atoms. The van der Waals surface area contributed by atoms with Crippen molar-refractivity contribution in [1.29, 1.82) is 0 Å². The molecule has 4 N–H and O–H groups in total. The Kier molecular flexibility index (Phi) is 2.54. The first kappa shape index (κ1) is 9.55. The molecule has 1 heterocycles. The number of nitrogens with zero attached hydrogens (tertiary/aromatic N) is 2. The lowest BCUT2D eigenvalue weighted by atomic mass is 10.2. The Morgan fingerprint density at radius 1 is 1.46 bits per heavy atom. The van der Waals surface area contributed by atoms with Crippen LogP contribution in [0.25, 0.3) is 0 Å². The number of hydrazone groups is 1. The molecule has 0 atom stereocenters. The Labute approximate surface area is 76.6 Å². The van der Waals surface area contributed by atoms with Gasteiger partial charge in [-0.3, -0.25) is 0 Å². The van der Waals surface area contributed by atoms with Crippen molar-refractivity contribution in [1.82, 2.24) is 4.52 Å². The molecule has 0 fully saturated rings. The molecule has 0 aromatic heterocycles. The van der Waals surface area contributed by atoms with E-state index in [2.05, 4.69) is 5.10 Å². The largest absolute Gasteiger partial charge is 0.478 e. The summed E-state index contributed by atoms with van der Waals surface area (Å²) < 4.78 is 0.774. The van der Waals surface area contributed by atoms with Gasteiger partial charge in [0.1, 0.15) is 5.57 Å². The Morgan fingerprint density at radius 2 is 2.08 bits per heavy atom. The van der Waals surface area contributed by atoms with E-state index in [4.69, 9.17) is 16.1 Å². The average Bonchev–Trinajstić information content (AvgIpc) is 2.03. The molecule has 0 amide bonds. The Balaban J connectivity index is 3.04. The number of rotatable bonds is 2. The summed E-state index contributed by atoms with van der Waals surface area (Å²) in [6.07, 6.45) is 0. The second-order valence-corrected chi connectivity index (χ2v) is 2.82. The van der Waals surface area contributed by atoms with Crippen LogP contribution in [0.5, 0.6) is 0 Å². The molecule has 0 saturated carbocycles. The molecule has 8 heteroatoms. The first-order valence-corrected chi connectivity index (χ1v) is 3.83. The second-order valence-electron chi connectivity index (χ2n) is 2.00. The van der Waals surface area contributed by atoms with Crippen molar-refractivity contribution in [2.24, 2.45) is 10.9 Å². The first-order chi connectivity index (χ1) is 6.02. The number of hydrogen-bond donors (Lipinski definition) is 3.